The van der Waals surface area contributed by atoms with Gasteiger partial charge >= 0.3 is 0 Å². The molecule has 0 atom stereocenters. The fourth-order valence-corrected chi connectivity index (χ4v) is 3.49. The molecule has 0 unspecified atom stereocenters. The van der Waals surface area contributed by atoms with Gasteiger partial charge in [0.1, 0.15) is 17.5 Å². The number of unbranched alkanes of at least 4 members (excludes halogenated alkanes) is 1. The van der Waals surface area contributed by atoms with Gasteiger partial charge in [-0.3, -0.25) is 0 Å². The zero-order chi connectivity index (χ0) is 21.5. The van der Waals surface area contributed by atoms with Crippen molar-refractivity contribution < 1.29 is 4.74 Å². The van der Waals surface area contributed by atoms with Crippen molar-refractivity contribution in [2.24, 2.45) is 0 Å². The smallest absolute Gasteiger partial charge is 0.125 e. The predicted octanol–water partition coefficient (Wildman–Crippen LogP) is 5.80. The second-order valence-electron chi connectivity index (χ2n) is 7.19. The summed E-state index contributed by atoms with van der Waals surface area (Å²) in [7, 11) is 0. The van der Waals surface area contributed by atoms with Gasteiger partial charge in [0.2, 0.25) is 0 Å². The van der Waals surface area contributed by atoms with Crippen molar-refractivity contribution in [3.8, 4) is 23.6 Å². The molecule has 0 saturated heterocycles. The number of nitrogens with zero attached hydrogens (tertiary/aromatic N) is 3. The molecule has 1 aromatic heterocycles. The van der Waals surface area contributed by atoms with Gasteiger partial charge in [-0.1, -0.05) is 30.3 Å². The molecule has 0 saturated carbocycles. The van der Waals surface area contributed by atoms with Crippen LogP contribution in [0.15, 0.2) is 78.9 Å². The molecule has 0 aliphatic carbocycles. The van der Waals surface area contributed by atoms with Crippen LogP contribution in [0.2, 0.25) is 0 Å². The molecule has 152 valence electrons. The van der Waals surface area contributed by atoms with Crippen molar-refractivity contribution in [2.75, 3.05) is 11.9 Å². The molecule has 1 heterocycles. The molecule has 0 aliphatic rings. The van der Waals surface area contributed by atoms with Crippen LogP contribution in [0, 0.1) is 22.7 Å². The van der Waals surface area contributed by atoms with Gasteiger partial charge in [0.05, 0.1) is 18.2 Å². The van der Waals surface area contributed by atoms with E-state index in [1.807, 2.05) is 83.4 Å². The molecule has 1 N–H and O–H groups in total. The highest BCUT2D eigenvalue weighted by Gasteiger charge is 2.09. The Hall–Kier alpha value is -4.22. The summed E-state index contributed by atoms with van der Waals surface area (Å²) in [5.74, 6) is 0.818. The standard InChI is InChI=1S/C26H22N4O/c27-15-3-4-16-31-25-13-7-20(8-14-25)19-29-22-9-11-23(12-10-22)30-24(18-28)17-21-5-1-2-6-26(21)30/h1-2,5-14,17,29H,3-4,16,19H2. The van der Waals surface area contributed by atoms with E-state index in [2.05, 4.69) is 17.5 Å². The Morgan fingerprint density at radius 1 is 0.903 bits per heavy atom. The number of anilines is 1. The van der Waals surface area contributed by atoms with E-state index in [-0.39, 0.29) is 0 Å². The van der Waals surface area contributed by atoms with Gasteiger partial charge in [-0.15, -0.1) is 0 Å². The normalized spacial score (nSPS) is 10.4. The first-order chi connectivity index (χ1) is 15.3. The molecule has 4 aromatic rings. The maximum absolute atomic E-state index is 9.53. The lowest BCUT2D eigenvalue weighted by Gasteiger charge is -2.11. The van der Waals surface area contributed by atoms with Crippen LogP contribution in [0.4, 0.5) is 5.69 Å². The van der Waals surface area contributed by atoms with Crippen molar-refractivity contribution in [2.45, 2.75) is 19.4 Å². The Morgan fingerprint density at radius 3 is 2.42 bits per heavy atom. The maximum Gasteiger partial charge on any atom is 0.125 e. The predicted molar refractivity (Wildman–Crippen MR) is 122 cm³/mol. The van der Waals surface area contributed by atoms with Crippen molar-refractivity contribution in [1.82, 2.24) is 4.57 Å². The molecule has 31 heavy (non-hydrogen) atoms. The third kappa shape index (κ3) is 4.69. The zero-order valence-corrected chi connectivity index (χ0v) is 17.1. The van der Waals surface area contributed by atoms with Crippen LogP contribution in [0.5, 0.6) is 5.75 Å². The molecule has 0 amide bonds. The Bertz CT molecular complexity index is 1240. The molecule has 0 spiro atoms. The average molecular weight is 406 g/mol. The van der Waals surface area contributed by atoms with E-state index in [1.165, 1.54) is 0 Å². The van der Waals surface area contributed by atoms with Gasteiger partial charge in [0.25, 0.3) is 0 Å². The van der Waals surface area contributed by atoms with E-state index in [0.29, 0.717) is 25.3 Å². The van der Waals surface area contributed by atoms with E-state index in [1.54, 1.807) is 0 Å². The highest BCUT2D eigenvalue weighted by molar-refractivity contribution is 5.84. The van der Waals surface area contributed by atoms with Crippen LogP contribution in [0.25, 0.3) is 16.6 Å². The van der Waals surface area contributed by atoms with Crippen LogP contribution < -0.4 is 10.1 Å². The van der Waals surface area contributed by atoms with Gasteiger partial charge in [0.15, 0.2) is 0 Å². The lowest BCUT2D eigenvalue weighted by Crippen LogP contribution is -2.01. The monoisotopic (exact) mass is 406 g/mol. The van der Waals surface area contributed by atoms with E-state index in [9.17, 15) is 5.26 Å². The largest absolute Gasteiger partial charge is 0.494 e. The molecule has 5 heteroatoms. The first kappa shape index (κ1) is 20.1. The first-order valence-corrected chi connectivity index (χ1v) is 10.2. The Kier molecular flexibility index (Phi) is 6.16. The summed E-state index contributed by atoms with van der Waals surface area (Å²) in [4.78, 5) is 0. The van der Waals surface area contributed by atoms with Gasteiger partial charge < -0.3 is 14.6 Å². The van der Waals surface area contributed by atoms with Gasteiger partial charge in [0, 0.05) is 29.7 Å². The average Bonchev–Trinajstić information content (AvgIpc) is 3.20. The molecule has 3 aromatic carbocycles. The summed E-state index contributed by atoms with van der Waals surface area (Å²) in [6.07, 6.45) is 1.25. The lowest BCUT2D eigenvalue weighted by atomic mass is 10.2. The van der Waals surface area contributed by atoms with Crippen LogP contribution in [-0.4, -0.2) is 11.2 Å². The molecule has 0 radical (unpaired) electrons. The maximum atomic E-state index is 9.53. The van der Waals surface area contributed by atoms with Crippen molar-refractivity contribution in [3.05, 3.63) is 90.1 Å². The lowest BCUT2D eigenvalue weighted by molar-refractivity contribution is 0.312. The van der Waals surface area contributed by atoms with Crippen LogP contribution in [0.1, 0.15) is 24.1 Å². The molecule has 0 fully saturated rings. The highest BCUT2D eigenvalue weighted by atomic mass is 16.5. The Balaban J connectivity index is 1.40. The van der Waals surface area contributed by atoms with E-state index >= 15 is 0 Å². The molecule has 4 rings (SSSR count). The van der Waals surface area contributed by atoms with Crippen molar-refractivity contribution >= 4 is 16.6 Å². The SMILES string of the molecule is N#CCCCOc1ccc(CNc2ccc(-n3c(C#N)cc4ccccc43)cc2)cc1. The fraction of sp³-hybridized carbons (Fsp3) is 0.154. The summed E-state index contributed by atoms with van der Waals surface area (Å²) in [5.41, 5.74) is 4.76. The van der Waals surface area contributed by atoms with Crippen LogP contribution >= 0.6 is 0 Å². The second-order valence-corrected chi connectivity index (χ2v) is 7.19. The number of nitriles is 2. The first-order valence-electron chi connectivity index (χ1n) is 10.2. The third-order valence-electron chi connectivity index (χ3n) is 5.07. The molecular formula is C26H22N4O. The van der Waals surface area contributed by atoms with E-state index in [0.717, 1.165) is 40.0 Å². The van der Waals surface area contributed by atoms with Gasteiger partial charge in [-0.25, -0.2) is 0 Å². The van der Waals surface area contributed by atoms with Gasteiger partial charge in [-0.05, 0) is 60.5 Å². The Morgan fingerprint density at radius 2 is 1.68 bits per heavy atom. The quantitative estimate of drug-likeness (QED) is 0.376. The number of rotatable bonds is 8. The summed E-state index contributed by atoms with van der Waals surface area (Å²) in [5, 5.41) is 22.6. The number of para-hydroxylation sites is 1. The minimum Gasteiger partial charge on any atom is -0.494 e. The van der Waals surface area contributed by atoms with Crippen molar-refractivity contribution in [1.29, 1.82) is 10.5 Å². The fourth-order valence-electron chi connectivity index (χ4n) is 3.49. The van der Waals surface area contributed by atoms with Crippen molar-refractivity contribution in [3.63, 3.8) is 0 Å². The van der Waals surface area contributed by atoms with E-state index in [4.69, 9.17) is 10.00 Å². The molecular weight excluding hydrogens is 384 g/mol. The number of ether oxygens (including phenoxy) is 1. The molecule has 0 bridgehead atoms. The highest BCUT2D eigenvalue weighted by Crippen LogP contribution is 2.25. The van der Waals surface area contributed by atoms with Crippen LogP contribution in [-0.2, 0) is 6.54 Å². The van der Waals surface area contributed by atoms with Gasteiger partial charge in [-0.2, -0.15) is 10.5 Å². The topological polar surface area (TPSA) is 73.8 Å². The second kappa shape index (κ2) is 9.52. The van der Waals surface area contributed by atoms with Crippen LogP contribution in [0.3, 0.4) is 0 Å². The number of hydrogen-bond donors (Lipinski definition) is 1. The van der Waals surface area contributed by atoms with E-state index < -0.39 is 0 Å². The minimum absolute atomic E-state index is 0.513. The zero-order valence-electron chi connectivity index (χ0n) is 17.1. The summed E-state index contributed by atoms with van der Waals surface area (Å²) < 4.78 is 7.61. The summed E-state index contributed by atoms with van der Waals surface area (Å²) in [6, 6.07) is 30.4. The number of hydrogen-bond acceptors (Lipinski definition) is 4. The minimum atomic E-state index is 0.513. The number of aromatic nitrogens is 1. The Labute approximate surface area is 181 Å². The summed E-state index contributed by atoms with van der Waals surface area (Å²) >= 11 is 0. The number of benzene rings is 3. The summed E-state index contributed by atoms with van der Waals surface area (Å²) in [6.45, 7) is 1.26. The molecule has 5 nitrogen and oxygen atoms in total. The number of nitrogens with one attached hydrogen (secondary N) is 1. The molecule has 0 aliphatic heterocycles. The number of fused-ring (bicyclic) bond motifs is 1. The third-order valence-corrected chi connectivity index (χ3v) is 5.07.